The van der Waals surface area contributed by atoms with Gasteiger partial charge in [-0.3, -0.25) is 0 Å². The first-order chi connectivity index (χ1) is 8.10. The average Bonchev–Trinajstić information content (AvgIpc) is 2.59. The number of halogens is 1. The van der Waals surface area contributed by atoms with Crippen LogP contribution in [0.25, 0.3) is 0 Å². The highest BCUT2D eigenvalue weighted by Gasteiger charge is 2.24. The van der Waals surface area contributed by atoms with E-state index in [4.69, 9.17) is 31.3 Å². The smallest absolute Gasteiger partial charge is 0.362 e. The molecule has 94 valence electrons. The molecular weight excluding hydrogens is 250 g/mol. The van der Waals surface area contributed by atoms with Gasteiger partial charge in [-0.05, 0) is 25.4 Å². The first-order valence-electron chi connectivity index (χ1n) is 4.89. The third-order valence-electron chi connectivity index (χ3n) is 1.58. The zero-order valence-corrected chi connectivity index (χ0v) is 10.2. The number of oxazole rings is 1. The second-order valence-corrected chi connectivity index (χ2v) is 3.10. The van der Waals surface area contributed by atoms with Crippen molar-refractivity contribution < 1.29 is 18.8 Å². The van der Waals surface area contributed by atoms with Gasteiger partial charge in [0.25, 0.3) is 6.01 Å². The zero-order valence-electron chi connectivity index (χ0n) is 9.40. The monoisotopic (exact) mass is 261 g/mol. The molecule has 0 atom stereocenters. The van der Waals surface area contributed by atoms with Crippen LogP contribution in [-0.2, 0) is 14.4 Å². The Kier molecular flexibility index (Phi) is 4.77. The third kappa shape index (κ3) is 3.35. The quantitative estimate of drug-likeness (QED) is 0.486. The maximum Gasteiger partial charge on any atom is 0.362 e. The Balaban J connectivity index is 3.06. The summed E-state index contributed by atoms with van der Waals surface area (Å²) in [6, 6.07) is -0.168. The van der Waals surface area contributed by atoms with Gasteiger partial charge in [0, 0.05) is 0 Å². The molecule has 8 heteroatoms. The lowest BCUT2D eigenvalue weighted by Gasteiger charge is -2.02. The number of esters is 1. The van der Waals surface area contributed by atoms with Gasteiger partial charge in [-0.1, -0.05) is 5.16 Å². The second kappa shape index (κ2) is 6.09. The van der Waals surface area contributed by atoms with E-state index >= 15 is 0 Å². The Morgan fingerprint density at radius 1 is 1.53 bits per heavy atom. The topological polar surface area (TPSA) is 99.9 Å². The summed E-state index contributed by atoms with van der Waals surface area (Å²) in [5.74, 6) is -0.712. The number of carbonyl (C=O) groups excluding carboxylic acids is 1. The van der Waals surface area contributed by atoms with Crippen LogP contribution in [0, 0.1) is 0 Å². The lowest BCUT2D eigenvalue weighted by atomic mass is 10.3. The van der Waals surface area contributed by atoms with Crippen molar-refractivity contribution in [2.75, 3.05) is 18.9 Å². The van der Waals surface area contributed by atoms with E-state index in [9.17, 15) is 4.79 Å². The molecule has 0 aliphatic rings. The van der Waals surface area contributed by atoms with E-state index in [1.807, 2.05) is 0 Å². The summed E-state index contributed by atoms with van der Waals surface area (Å²) in [6.45, 7) is 3.85. The summed E-state index contributed by atoms with van der Waals surface area (Å²) in [5, 5.41) is 3.44. The van der Waals surface area contributed by atoms with E-state index < -0.39 is 5.97 Å². The molecule has 1 aromatic heterocycles. The first kappa shape index (κ1) is 13.3. The molecule has 1 aromatic rings. The van der Waals surface area contributed by atoms with Crippen molar-refractivity contribution in [3.8, 4) is 0 Å². The Bertz CT molecular complexity index is 430. The highest BCUT2D eigenvalue weighted by Crippen LogP contribution is 2.20. The maximum absolute atomic E-state index is 11.6. The van der Waals surface area contributed by atoms with Gasteiger partial charge in [-0.25, -0.2) is 4.79 Å². The van der Waals surface area contributed by atoms with Crippen LogP contribution < -0.4 is 5.73 Å². The lowest BCUT2D eigenvalue weighted by Crippen LogP contribution is -2.20. The summed E-state index contributed by atoms with van der Waals surface area (Å²) in [4.78, 5) is 20.1. The second-order valence-electron chi connectivity index (χ2n) is 2.75. The third-order valence-corrected chi connectivity index (χ3v) is 1.84. The minimum Gasteiger partial charge on any atom is -0.461 e. The van der Waals surface area contributed by atoms with Gasteiger partial charge in [0.2, 0.25) is 10.9 Å². The van der Waals surface area contributed by atoms with Crippen LogP contribution in [0.2, 0.25) is 5.22 Å². The molecule has 0 bridgehead atoms. The number of aromatic nitrogens is 1. The number of nitrogens with zero attached hydrogens (tertiary/aromatic N) is 2. The van der Waals surface area contributed by atoms with Crippen molar-refractivity contribution in [3.05, 3.63) is 10.9 Å². The molecule has 0 aromatic carbocycles. The molecule has 0 spiro atoms. The van der Waals surface area contributed by atoms with Crippen molar-refractivity contribution in [2.24, 2.45) is 5.16 Å². The SMILES string of the molecule is CCON=C(C(=O)OCC)c1nc(N)oc1Cl. The molecule has 0 aliphatic carbocycles. The predicted molar refractivity (Wildman–Crippen MR) is 60.7 cm³/mol. The normalized spacial score (nSPS) is 11.4. The number of rotatable bonds is 5. The fourth-order valence-electron chi connectivity index (χ4n) is 0.969. The number of hydrogen-bond donors (Lipinski definition) is 1. The summed E-state index contributed by atoms with van der Waals surface area (Å²) >= 11 is 5.71. The molecule has 1 rings (SSSR count). The number of hydrogen-bond acceptors (Lipinski definition) is 7. The molecule has 7 nitrogen and oxygen atoms in total. The van der Waals surface area contributed by atoms with Crippen molar-refractivity contribution in [3.63, 3.8) is 0 Å². The Labute approximate surface area is 103 Å². The summed E-state index contributed by atoms with van der Waals surface area (Å²) in [7, 11) is 0. The standard InChI is InChI=1S/C9H12ClN3O4/c1-3-15-8(14)6(13-16-4-2)5-7(10)17-9(11)12-5/h3-4H2,1-2H3,(H2,11,12). The van der Waals surface area contributed by atoms with E-state index in [1.165, 1.54) is 0 Å². The van der Waals surface area contributed by atoms with Crippen molar-refractivity contribution in [2.45, 2.75) is 13.8 Å². The molecule has 0 amide bonds. The average molecular weight is 262 g/mol. The number of nitrogens with two attached hydrogens (primary N) is 1. The van der Waals surface area contributed by atoms with Crippen LogP contribution in [0.1, 0.15) is 19.5 Å². The molecule has 17 heavy (non-hydrogen) atoms. The van der Waals surface area contributed by atoms with Gasteiger partial charge in [0.05, 0.1) is 6.61 Å². The Hall–Kier alpha value is -1.76. The van der Waals surface area contributed by atoms with Crippen LogP contribution in [0.5, 0.6) is 0 Å². The predicted octanol–water partition coefficient (Wildman–Crippen LogP) is 1.21. The molecule has 0 radical (unpaired) electrons. The van der Waals surface area contributed by atoms with Gasteiger partial charge in [0.15, 0.2) is 5.69 Å². The van der Waals surface area contributed by atoms with Gasteiger partial charge >= 0.3 is 5.97 Å². The van der Waals surface area contributed by atoms with E-state index in [0.29, 0.717) is 0 Å². The highest BCUT2D eigenvalue weighted by atomic mass is 35.5. The zero-order chi connectivity index (χ0) is 12.8. The number of anilines is 1. The minimum atomic E-state index is -0.712. The van der Waals surface area contributed by atoms with Gasteiger partial charge in [0.1, 0.15) is 6.61 Å². The Morgan fingerprint density at radius 3 is 2.71 bits per heavy atom. The molecule has 1 heterocycles. The summed E-state index contributed by atoms with van der Waals surface area (Å²) < 4.78 is 9.58. The van der Waals surface area contributed by atoms with Gasteiger partial charge < -0.3 is 19.7 Å². The molecule has 0 saturated heterocycles. The maximum atomic E-state index is 11.6. The van der Waals surface area contributed by atoms with Crippen LogP contribution in [0.3, 0.4) is 0 Å². The van der Waals surface area contributed by atoms with Crippen LogP contribution in [0.15, 0.2) is 9.57 Å². The van der Waals surface area contributed by atoms with E-state index in [0.717, 1.165) is 0 Å². The summed E-state index contributed by atoms with van der Waals surface area (Å²) in [5.41, 5.74) is 5.12. The van der Waals surface area contributed by atoms with Crippen LogP contribution in [-0.4, -0.2) is 29.9 Å². The van der Waals surface area contributed by atoms with Crippen LogP contribution >= 0.6 is 11.6 Å². The number of carbonyl (C=O) groups is 1. The molecular formula is C9H12ClN3O4. The molecule has 0 unspecified atom stereocenters. The Morgan fingerprint density at radius 2 is 2.24 bits per heavy atom. The van der Waals surface area contributed by atoms with Gasteiger partial charge in [-0.2, -0.15) is 4.98 Å². The molecule has 2 N–H and O–H groups in total. The lowest BCUT2D eigenvalue weighted by molar-refractivity contribution is -0.135. The number of ether oxygens (including phenoxy) is 1. The van der Waals surface area contributed by atoms with Gasteiger partial charge in [-0.15, -0.1) is 0 Å². The van der Waals surface area contributed by atoms with E-state index in [2.05, 4.69) is 10.1 Å². The van der Waals surface area contributed by atoms with Crippen molar-refractivity contribution >= 4 is 29.3 Å². The number of oxime groups is 1. The van der Waals surface area contributed by atoms with Crippen molar-refractivity contribution in [1.29, 1.82) is 0 Å². The fourth-order valence-corrected chi connectivity index (χ4v) is 1.18. The summed E-state index contributed by atoms with van der Waals surface area (Å²) in [6.07, 6.45) is 0. The highest BCUT2D eigenvalue weighted by molar-refractivity contribution is 6.46. The number of nitrogen functional groups attached to an aromatic ring is 1. The fraction of sp³-hybridized carbons (Fsp3) is 0.444. The largest absolute Gasteiger partial charge is 0.461 e. The van der Waals surface area contributed by atoms with Crippen LogP contribution in [0.4, 0.5) is 6.01 Å². The molecule has 0 fully saturated rings. The van der Waals surface area contributed by atoms with Crippen molar-refractivity contribution in [1.82, 2.24) is 4.98 Å². The van der Waals surface area contributed by atoms with E-state index in [1.54, 1.807) is 13.8 Å². The molecule has 0 aliphatic heterocycles. The molecule has 0 saturated carbocycles. The van der Waals surface area contributed by atoms with E-state index in [-0.39, 0.29) is 35.9 Å². The first-order valence-corrected chi connectivity index (χ1v) is 5.27. The minimum absolute atomic E-state index is 0.00364.